The number of nitrogens with one attached hydrogen (secondary N) is 1. The number of amides is 1. The second-order valence-electron chi connectivity index (χ2n) is 4.50. The van der Waals surface area contributed by atoms with E-state index in [1.807, 2.05) is 6.92 Å². The standard InChI is InChI=1S/C11H22N2O3S.ClH/c1-3-7-13(11(14)4-6-12-2)10-5-8-17(15,16)9-10;/h10,12H,3-9H2,1-2H3;1H. The molecule has 1 rings (SSSR count). The van der Waals surface area contributed by atoms with Crippen molar-refractivity contribution >= 4 is 28.2 Å². The number of rotatable bonds is 6. The lowest BCUT2D eigenvalue weighted by atomic mass is 10.2. The molecule has 1 amide bonds. The Kier molecular flexibility index (Phi) is 7.82. The van der Waals surface area contributed by atoms with Crippen molar-refractivity contribution in [3.8, 4) is 0 Å². The largest absolute Gasteiger partial charge is 0.339 e. The normalized spacial score (nSPS) is 21.3. The molecule has 1 saturated heterocycles. The highest BCUT2D eigenvalue weighted by molar-refractivity contribution is 7.91. The van der Waals surface area contributed by atoms with Crippen LogP contribution in [-0.2, 0) is 14.6 Å². The van der Waals surface area contributed by atoms with Crippen LogP contribution in [0.1, 0.15) is 26.2 Å². The van der Waals surface area contributed by atoms with E-state index in [0.29, 0.717) is 25.9 Å². The van der Waals surface area contributed by atoms with Crippen LogP contribution in [0.15, 0.2) is 0 Å². The number of hydrogen-bond acceptors (Lipinski definition) is 4. The van der Waals surface area contributed by atoms with Crippen LogP contribution in [0.3, 0.4) is 0 Å². The molecule has 0 aromatic rings. The van der Waals surface area contributed by atoms with Gasteiger partial charge in [-0.05, 0) is 19.9 Å². The summed E-state index contributed by atoms with van der Waals surface area (Å²) in [6, 6.07) is -0.107. The van der Waals surface area contributed by atoms with E-state index in [0.717, 1.165) is 6.42 Å². The Morgan fingerprint density at radius 2 is 2.11 bits per heavy atom. The van der Waals surface area contributed by atoms with Crippen LogP contribution in [0.4, 0.5) is 0 Å². The van der Waals surface area contributed by atoms with E-state index >= 15 is 0 Å². The van der Waals surface area contributed by atoms with E-state index in [4.69, 9.17) is 0 Å². The summed E-state index contributed by atoms with van der Waals surface area (Å²) in [5, 5.41) is 2.94. The Labute approximate surface area is 116 Å². The molecule has 0 bridgehead atoms. The molecule has 1 heterocycles. The number of nitrogens with zero attached hydrogens (tertiary/aromatic N) is 1. The van der Waals surface area contributed by atoms with Crippen molar-refractivity contribution in [1.82, 2.24) is 10.2 Å². The molecule has 0 aromatic carbocycles. The predicted octanol–water partition coefficient (Wildman–Crippen LogP) is 0.443. The first-order valence-corrected chi connectivity index (χ1v) is 7.96. The zero-order valence-corrected chi connectivity index (χ0v) is 12.6. The fourth-order valence-electron chi connectivity index (χ4n) is 2.15. The molecule has 0 saturated carbocycles. The lowest BCUT2D eigenvalue weighted by Gasteiger charge is -2.28. The van der Waals surface area contributed by atoms with Crippen LogP contribution in [0.25, 0.3) is 0 Å². The Morgan fingerprint density at radius 1 is 1.44 bits per heavy atom. The van der Waals surface area contributed by atoms with Gasteiger partial charge in [0.05, 0.1) is 11.5 Å². The third-order valence-corrected chi connectivity index (χ3v) is 4.77. The van der Waals surface area contributed by atoms with Gasteiger partial charge in [0.2, 0.25) is 5.91 Å². The van der Waals surface area contributed by atoms with E-state index in [2.05, 4.69) is 5.32 Å². The zero-order valence-electron chi connectivity index (χ0n) is 11.0. The molecule has 1 aliphatic rings. The van der Waals surface area contributed by atoms with Crippen LogP contribution in [0.2, 0.25) is 0 Å². The molecule has 1 N–H and O–H groups in total. The lowest BCUT2D eigenvalue weighted by Crippen LogP contribution is -2.42. The summed E-state index contributed by atoms with van der Waals surface area (Å²) in [7, 11) is -1.12. The van der Waals surface area contributed by atoms with Gasteiger partial charge in [-0.3, -0.25) is 4.79 Å². The molecular weight excluding hydrogens is 276 g/mol. The molecule has 7 heteroatoms. The maximum absolute atomic E-state index is 12.0. The number of sulfone groups is 1. The summed E-state index contributed by atoms with van der Waals surface area (Å²) in [5.74, 6) is 0.415. The van der Waals surface area contributed by atoms with E-state index in [-0.39, 0.29) is 35.9 Å². The van der Waals surface area contributed by atoms with Gasteiger partial charge in [-0.15, -0.1) is 12.4 Å². The summed E-state index contributed by atoms with van der Waals surface area (Å²) >= 11 is 0. The van der Waals surface area contributed by atoms with Gasteiger partial charge in [-0.1, -0.05) is 6.92 Å². The summed E-state index contributed by atoms with van der Waals surface area (Å²) in [4.78, 5) is 13.7. The van der Waals surface area contributed by atoms with Gasteiger partial charge in [-0.25, -0.2) is 8.42 Å². The van der Waals surface area contributed by atoms with Gasteiger partial charge in [-0.2, -0.15) is 0 Å². The first kappa shape index (κ1) is 17.7. The smallest absolute Gasteiger partial charge is 0.224 e. The summed E-state index contributed by atoms with van der Waals surface area (Å²) in [5.41, 5.74) is 0. The van der Waals surface area contributed by atoms with Gasteiger partial charge in [0.1, 0.15) is 0 Å². The van der Waals surface area contributed by atoms with Crippen molar-refractivity contribution in [2.24, 2.45) is 0 Å². The zero-order chi connectivity index (χ0) is 12.9. The Bertz CT molecular complexity index is 359. The second-order valence-corrected chi connectivity index (χ2v) is 6.73. The maximum atomic E-state index is 12.0. The summed E-state index contributed by atoms with van der Waals surface area (Å²) < 4.78 is 22.9. The third kappa shape index (κ3) is 5.12. The molecule has 0 radical (unpaired) electrons. The third-order valence-electron chi connectivity index (χ3n) is 3.02. The molecular formula is C11H23ClN2O3S. The first-order valence-electron chi connectivity index (χ1n) is 6.14. The minimum Gasteiger partial charge on any atom is -0.339 e. The number of halogens is 1. The minimum atomic E-state index is -2.92. The van der Waals surface area contributed by atoms with Crippen molar-refractivity contribution in [2.75, 3.05) is 31.6 Å². The monoisotopic (exact) mass is 298 g/mol. The molecule has 0 aromatic heterocycles. The van der Waals surface area contributed by atoms with E-state index in [9.17, 15) is 13.2 Å². The topological polar surface area (TPSA) is 66.5 Å². The molecule has 1 atom stereocenters. The first-order chi connectivity index (χ1) is 8.00. The fourth-order valence-corrected chi connectivity index (χ4v) is 3.88. The van der Waals surface area contributed by atoms with Gasteiger partial charge in [0.15, 0.2) is 9.84 Å². The Hall–Kier alpha value is -0.330. The number of carbonyl (C=O) groups is 1. The van der Waals surface area contributed by atoms with Gasteiger partial charge < -0.3 is 10.2 Å². The van der Waals surface area contributed by atoms with E-state index in [1.165, 1.54) is 0 Å². The Morgan fingerprint density at radius 3 is 2.56 bits per heavy atom. The molecule has 1 aliphatic heterocycles. The Balaban J connectivity index is 0.00000289. The lowest BCUT2D eigenvalue weighted by molar-refractivity contribution is -0.133. The summed E-state index contributed by atoms with van der Waals surface area (Å²) in [6.45, 7) is 3.29. The van der Waals surface area contributed by atoms with E-state index in [1.54, 1.807) is 11.9 Å². The second kappa shape index (κ2) is 7.96. The van der Waals surface area contributed by atoms with Crippen molar-refractivity contribution in [3.05, 3.63) is 0 Å². The highest BCUT2D eigenvalue weighted by Crippen LogP contribution is 2.18. The molecule has 0 aliphatic carbocycles. The maximum Gasteiger partial charge on any atom is 0.224 e. The minimum absolute atomic E-state index is 0. The average Bonchev–Trinajstić information content (AvgIpc) is 2.63. The van der Waals surface area contributed by atoms with Crippen molar-refractivity contribution in [3.63, 3.8) is 0 Å². The van der Waals surface area contributed by atoms with Crippen molar-refractivity contribution < 1.29 is 13.2 Å². The highest BCUT2D eigenvalue weighted by atomic mass is 35.5. The predicted molar refractivity (Wildman–Crippen MR) is 74.9 cm³/mol. The molecule has 0 spiro atoms. The van der Waals surface area contributed by atoms with Gasteiger partial charge in [0, 0.05) is 25.6 Å². The van der Waals surface area contributed by atoms with Crippen LogP contribution in [0, 0.1) is 0 Å². The highest BCUT2D eigenvalue weighted by Gasteiger charge is 2.33. The summed E-state index contributed by atoms with van der Waals surface area (Å²) in [6.07, 6.45) is 1.89. The quantitative estimate of drug-likeness (QED) is 0.773. The van der Waals surface area contributed by atoms with Crippen molar-refractivity contribution in [1.29, 1.82) is 0 Å². The van der Waals surface area contributed by atoms with Crippen molar-refractivity contribution in [2.45, 2.75) is 32.2 Å². The molecule has 1 unspecified atom stereocenters. The number of carbonyl (C=O) groups excluding carboxylic acids is 1. The van der Waals surface area contributed by atoms with E-state index < -0.39 is 9.84 Å². The van der Waals surface area contributed by atoms with Gasteiger partial charge in [0.25, 0.3) is 0 Å². The van der Waals surface area contributed by atoms with Gasteiger partial charge >= 0.3 is 0 Å². The van der Waals surface area contributed by atoms with Crippen LogP contribution < -0.4 is 5.32 Å². The number of hydrogen-bond donors (Lipinski definition) is 1. The molecule has 5 nitrogen and oxygen atoms in total. The SMILES string of the molecule is CCCN(C(=O)CCNC)C1CCS(=O)(=O)C1.Cl. The average molecular weight is 299 g/mol. The molecule has 1 fully saturated rings. The van der Waals surface area contributed by atoms with Crippen LogP contribution >= 0.6 is 12.4 Å². The van der Waals surface area contributed by atoms with Crippen LogP contribution in [0.5, 0.6) is 0 Å². The fraction of sp³-hybridized carbons (Fsp3) is 0.909. The van der Waals surface area contributed by atoms with Crippen LogP contribution in [-0.4, -0.2) is 56.9 Å². The molecule has 108 valence electrons. The molecule has 18 heavy (non-hydrogen) atoms.